The molecule has 0 spiro atoms. The SMILES string of the molecule is c1ccc(-c2cccc3c2c2ccccc2n3-c2ccc3oc4cc(-c5nc(-c6ccc7ccccc7c6)nc(-c6ccc7ccccc7c6)n5)ccc4c3c2)cc1. The van der Waals surface area contributed by atoms with E-state index in [1.807, 2.05) is 0 Å². The van der Waals surface area contributed by atoms with Crippen molar-refractivity contribution in [1.29, 1.82) is 0 Å². The molecule has 12 rings (SSSR count). The molecule has 12 aromatic rings. The molecule has 0 fully saturated rings. The summed E-state index contributed by atoms with van der Waals surface area (Å²) in [6.07, 6.45) is 0. The van der Waals surface area contributed by atoms with Crippen LogP contribution in [0.5, 0.6) is 0 Å². The molecular weight excluding hydrogens is 709 g/mol. The molecule has 0 atom stereocenters. The molecule has 270 valence electrons. The molecular formula is C53H32N4O. The highest BCUT2D eigenvalue weighted by Gasteiger charge is 2.19. The third kappa shape index (κ3) is 5.21. The molecule has 0 unspecified atom stereocenters. The maximum atomic E-state index is 6.58. The summed E-state index contributed by atoms with van der Waals surface area (Å²) in [6.45, 7) is 0. The first-order chi connectivity index (χ1) is 28.7. The Morgan fingerprint density at radius 3 is 1.64 bits per heavy atom. The maximum absolute atomic E-state index is 6.58. The second kappa shape index (κ2) is 12.8. The van der Waals surface area contributed by atoms with E-state index in [0.717, 1.165) is 66.1 Å². The predicted octanol–water partition coefficient (Wildman–Crippen LogP) is 13.8. The van der Waals surface area contributed by atoms with E-state index >= 15 is 0 Å². The van der Waals surface area contributed by atoms with Crippen LogP contribution in [0.2, 0.25) is 0 Å². The van der Waals surface area contributed by atoms with Crippen LogP contribution in [-0.4, -0.2) is 19.5 Å². The van der Waals surface area contributed by atoms with Crippen LogP contribution in [0, 0.1) is 0 Å². The highest BCUT2D eigenvalue weighted by Crippen LogP contribution is 2.40. The second-order valence-corrected chi connectivity index (χ2v) is 14.8. The van der Waals surface area contributed by atoms with E-state index in [0.29, 0.717) is 17.5 Å². The molecule has 0 aliphatic carbocycles. The Morgan fingerprint density at radius 1 is 0.345 bits per heavy atom. The predicted molar refractivity (Wildman–Crippen MR) is 238 cm³/mol. The number of nitrogens with zero attached hydrogens (tertiary/aromatic N) is 4. The van der Waals surface area contributed by atoms with E-state index in [1.54, 1.807) is 0 Å². The van der Waals surface area contributed by atoms with E-state index in [4.69, 9.17) is 19.4 Å². The minimum Gasteiger partial charge on any atom is -0.456 e. The number of hydrogen-bond acceptors (Lipinski definition) is 4. The third-order valence-electron chi connectivity index (χ3n) is 11.4. The number of aromatic nitrogens is 4. The molecule has 9 aromatic carbocycles. The highest BCUT2D eigenvalue weighted by atomic mass is 16.3. The van der Waals surface area contributed by atoms with Crippen LogP contribution in [0.3, 0.4) is 0 Å². The third-order valence-corrected chi connectivity index (χ3v) is 11.4. The van der Waals surface area contributed by atoms with Crippen LogP contribution < -0.4 is 0 Å². The molecule has 0 radical (unpaired) electrons. The Hall–Kier alpha value is -7.89. The molecule has 5 heteroatoms. The molecule has 0 N–H and O–H groups in total. The first-order valence-electron chi connectivity index (χ1n) is 19.5. The summed E-state index contributed by atoms with van der Waals surface area (Å²) in [4.78, 5) is 15.3. The van der Waals surface area contributed by atoms with Gasteiger partial charge in [0.15, 0.2) is 17.5 Å². The van der Waals surface area contributed by atoms with Gasteiger partial charge in [-0.1, -0.05) is 140 Å². The number of benzene rings is 9. The van der Waals surface area contributed by atoms with Gasteiger partial charge in [-0.25, -0.2) is 15.0 Å². The van der Waals surface area contributed by atoms with Crippen molar-refractivity contribution in [3.63, 3.8) is 0 Å². The lowest BCUT2D eigenvalue weighted by atomic mass is 9.99. The van der Waals surface area contributed by atoms with Crippen molar-refractivity contribution in [2.75, 3.05) is 0 Å². The maximum Gasteiger partial charge on any atom is 0.164 e. The zero-order chi connectivity index (χ0) is 38.2. The largest absolute Gasteiger partial charge is 0.456 e. The average molecular weight is 741 g/mol. The van der Waals surface area contributed by atoms with Gasteiger partial charge in [0.05, 0.1) is 11.0 Å². The van der Waals surface area contributed by atoms with Crippen molar-refractivity contribution in [2.24, 2.45) is 0 Å². The fourth-order valence-corrected chi connectivity index (χ4v) is 8.62. The van der Waals surface area contributed by atoms with Gasteiger partial charge >= 0.3 is 0 Å². The normalized spacial score (nSPS) is 11.8. The molecule has 3 aromatic heterocycles. The van der Waals surface area contributed by atoms with Crippen LogP contribution >= 0.6 is 0 Å². The van der Waals surface area contributed by atoms with Crippen LogP contribution in [0.25, 0.3) is 116 Å². The number of hydrogen-bond donors (Lipinski definition) is 0. The Labute approximate surface area is 333 Å². The zero-order valence-corrected chi connectivity index (χ0v) is 31.2. The number of para-hydroxylation sites is 1. The fourth-order valence-electron chi connectivity index (χ4n) is 8.62. The minimum atomic E-state index is 0.587. The van der Waals surface area contributed by atoms with Gasteiger partial charge in [-0.3, -0.25) is 0 Å². The lowest BCUT2D eigenvalue weighted by Crippen LogP contribution is -2.00. The summed E-state index contributed by atoms with van der Waals surface area (Å²) in [5, 5.41) is 9.16. The second-order valence-electron chi connectivity index (χ2n) is 14.8. The lowest BCUT2D eigenvalue weighted by Gasteiger charge is -2.10. The first-order valence-corrected chi connectivity index (χ1v) is 19.5. The summed E-state index contributed by atoms with van der Waals surface area (Å²) in [6, 6.07) is 68.1. The molecule has 0 aliphatic heterocycles. The van der Waals surface area contributed by atoms with Crippen molar-refractivity contribution < 1.29 is 4.42 Å². The summed E-state index contributed by atoms with van der Waals surface area (Å²) in [5.41, 5.74) is 10.2. The smallest absolute Gasteiger partial charge is 0.164 e. The summed E-state index contributed by atoms with van der Waals surface area (Å²) < 4.78 is 8.96. The number of rotatable bonds is 5. The average Bonchev–Trinajstić information content (AvgIpc) is 3.84. The Bertz CT molecular complexity index is 3480. The van der Waals surface area contributed by atoms with E-state index in [-0.39, 0.29) is 0 Å². The Kier molecular flexibility index (Phi) is 7.16. The van der Waals surface area contributed by atoms with E-state index in [2.05, 4.69) is 199 Å². The molecule has 0 aliphatic rings. The van der Waals surface area contributed by atoms with Crippen molar-refractivity contribution in [1.82, 2.24) is 19.5 Å². The van der Waals surface area contributed by atoms with Crippen molar-refractivity contribution >= 4 is 65.3 Å². The van der Waals surface area contributed by atoms with Gasteiger partial charge in [-0.2, -0.15) is 0 Å². The molecule has 0 amide bonds. The van der Waals surface area contributed by atoms with Crippen molar-refractivity contribution in [3.05, 3.63) is 194 Å². The van der Waals surface area contributed by atoms with Crippen LogP contribution in [-0.2, 0) is 0 Å². The van der Waals surface area contributed by atoms with Gasteiger partial charge in [0.2, 0.25) is 0 Å². The summed E-state index contributed by atoms with van der Waals surface area (Å²) in [5.74, 6) is 1.83. The monoisotopic (exact) mass is 740 g/mol. The van der Waals surface area contributed by atoms with E-state index in [1.165, 1.54) is 32.7 Å². The number of furan rings is 1. The number of fused-ring (bicyclic) bond motifs is 8. The minimum absolute atomic E-state index is 0.587. The molecule has 3 heterocycles. The Balaban J connectivity index is 1.01. The standard InChI is InChI=1S/C53H32N4O/c1-2-13-35(14-3-1)42-18-10-20-47-50(42)44-17-8-9-19-46(44)57(47)41-26-28-48-45(32-41)43-27-25-40(31-49(43)58-48)53-55-51(38-23-21-33-11-4-6-15-36(33)29-38)54-52(56-53)39-24-22-34-12-5-7-16-37(34)30-39/h1-32H. The summed E-state index contributed by atoms with van der Waals surface area (Å²) >= 11 is 0. The van der Waals surface area contributed by atoms with Gasteiger partial charge < -0.3 is 8.98 Å². The summed E-state index contributed by atoms with van der Waals surface area (Å²) in [7, 11) is 0. The van der Waals surface area contributed by atoms with E-state index in [9.17, 15) is 0 Å². The van der Waals surface area contributed by atoms with Crippen LogP contribution in [0.1, 0.15) is 0 Å². The van der Waals surface area contributed by atoms with Crippen LogP contribution in [0.4, 0.5) is 0 Å². The fraction of sp³-hybridized carbons (Fsp3) is 0. The van der Waals surface area contributed by atoms with Gasteiger partial charge in [0, 0.05) is 43.9 Å². The van der Waals surface area contributed by atoms with E-state index < -0.39 is 0 Å². The van der Waals surface area contributed by atoms with Crippen molar-refractivity contribution in [2.45, 2.75) is 0 Å². The Morgan fingerprint density at radius 2 is 0.931 bits per heavy atom. The van der Waals surface area contributed by atoms with Gasteiger partial charge in [0.25, 0.3) is 0 Å². The first kappa shape index (κ1) is 32.4. The lowest BCUT2D eigenvalue weighted by molar-refractivity contribution is 0.669. The molecule has 0 bridgehead atoms. The molecule has 58 heavy (non-hydrogen) atoms. The molecule has 0 saturated heterocycles. The molecule has 5 nitrogen and oxygen atoms in total. The van der Waals surface area contributed by atoms with Gasteiger partial charge in [0.1, 0.15) is 11.2 Å². The quantitative estimate of drug-likeness (QED) is 0.176. The highest BCUT2D eigenvalue weighted by molar-refractivity contribution is 6.16. The van der Waals surface area contributed by atoms with Gasteiger partial charge in [-0.15, -0.1) is 0 Å². The topological polar surface area (TPSA) is 56.7 Å². The van der Waals surface area contributed by atoms with Crippen molar-refractivity contribution in [3.8, 4) is 51.0 Å². The van der Waals surface area contributed by atoms with Gasteiger partial charge in [-0.05, 0) is 87.3 Å². The molecule has 0 saturated carbocycles. The van der Waals surface area contributed by atoms with Crippen LogP contribution in [0.15, 0.2) is 199 Å². The zero-order valence-electron chi connectivity index (χ0n) is 31.2.